The van der Waals surface area contributed by atoms with Crippen molar-refractivity contribution in [1.29, 1.82) is 0 Å². The summed E-state index contributed by atoms with van der Waals surface area (Å²) in [5, 5.41) is 6.38. The maximum atomic E-state index is 12.6. The second-order valence-corrected chi connectivity index (χ2v) is 5.97. The van der Waals surface area contributed by atoms with E-state index in [1.54, 1.807) is 11.8 Å². The Kier molecular flexibility index (Phi) is 4.65. The largest absolute Gasteiger partial charge is 0.416 e. The lowest BCUT2D eigenvalue weighted by atomic mass is 9.98. The smallest absolute Gasteiger partial charge is 0.339 e. The summed E-state index contributed by atoms with van der Waals surface area (Å²) in [6.45, 7) is 2.72. The number of carbonyl (C=O) groups excluding carboxylic acids is 1. The van der Waals surface area contributed by atoms with Crippen molar-refractivity contribution in [3.05, 3.63) is 41.5 Å². The minimum absolute atomic E-state index is 0.0340. The summed E-state index contributed by atoms with van der Waals surface area (Å²) in [6.07, 6.45) is -2.77. The van der Waals surface area contributed by atoms with Crippen LogP contribution in [0.4, 0.5) is 23.7 Å². The van der Waals surface area contributed by atoms with Gasteiger partial charge in [-0.15, -0.1) is 0 Å². The molecule has 134 valence electrons. The molecule has 0 bridgehead atoms. The SMILES string of the molecule is Cc1noc([C@H]2CCCN(C(=O)Nc3ccc(C(F)(F)F)cc3)C2)n1. The van der Waals surface area contributed by atoms with Gasteiger partial charge in [-0.2, -0.15) is 18.2 Å². The number of nitrogens with one attached hydrogen (secondary N) is 1. The van der Waals surface area contributed by atoms with Gasteiger partial charge in [0, 0.05) is 18.8 Å². The molecular formula is C16H17F3N4O2. The van der Waals surface area contributed by atoms with Gasteiger partial charge in [0.25, 0.3) is 0 Å². The Labute approximate surface area is 142 Å². The number of anilines is 1. The molecule has 1 N–H and O–H groups in total. The zero-order valence-electron chi connectivity index (χ0n) is 13.5. The summed E-state index contributed by atoms with van der Waals surface area (Å²) >= 11 is 0. The maximum Gasteiger partial charge on any atom is 0.416 e. The fourth-order valence-corrected chi connectivity index (χ4v) is 2.79. The number of hydrogen-bond donors (Lipinski definition) is 1. The van der Waals surface area contributed by atoms with Crippen LogP contribution < -0.4 is 5.32 Å². The number of piperidine rings is 1. The number of likely N-dealkylation sites (tertiary alicyclic amines) is 1. The van der Waals surface area contributed by atoms with E-state index in [1.165, 1.54) is 12.1 Å². The van der Waals surface area contributed by atoms with E-state index < -0.39 is 11.7 Å². The average molecular weight is 354 g/mol. The molecule has 3 rings (SSSR count). The third kappa shape index (κ3) is 4.09. The summed E-state index contributed by atoms with van der Waals surface area (Å²) in [7, 11) is 0. The number of aryl methyl sites for hydroxylation is 1. The summed E-state index contributed by atoms with van der Waals surface area (Å²) < 4.78 is 42.9. The lowest BCUT2D eigenvalue weighted by Gasteiger charge is -2.31. The van der Waals surface area contributed by atoms with Gasteiger partial charge in [-0.1, -0.05) is 5.16 Å². The van der Waals surface area contributed by atoms with Crippen LogP contribution in [0.5, 0.6) is 0 Å². The molecule has 1 fully saturated rings. The number of nitrogens with zero attached hydrogens (tertiary/aromatic N) is 3. The first kappa shape index (κ1) is 17.2. The number of benzene rings is 1. The van der Waals surface area contributed by atoms with Crippen molar-refractivity contribution in [1.82, 2.24) is 15.0 Å². The van der Waals surface area contributed by atoms with Crippen LogP contribution in [0.1, 0.15) is 36.0 Å². The monoisotopic (exact) mass is 354 g/mol. The zero-order valence-corrected chi connectivity index (χ0v) is 13.5. The van der Waals surface area contributed by atoms with Gasteiger partial charge >= 0.3 is 12.2 Å². The summed E-state index contributed by atoms with van der Waals surface area (Å²) in [5.41, 5.74) is -0.441. The highest BCUT2D eigenvalue weighted by atomic mass is 19.4. The van der Waals surface area contributed by atoms with Crippen LogP contribution in [0.3, 0.4) is 0 Å². The first-order valence-electron chi connectivity index (χ1n) is 7.86. The van der Waals surface area contributed by atoms with Gasteiger partial charge in [-0.05, 0) is 44.0 Å². The van der Waals surface area contributed by atoms with Crippen molar-refractivity contribution in [3.63, 3.8) is 0 Å². The summed E-state index contributed by atoms with van der Waals surface area (Å²) in [5.74, 6) is 1.01. The van der Waals surface area contributed by atoms with Crippen molar-refractivity contribution in [2.75, 3.05) is 18.4 Å². The quantitative estimate of drug-likeness (QED) is 0.890. The maximum absolute atomic E-state index is 12.6. The molecular weight excluding hydrogens is 337 g/mol. The molecule has 1 atom stereocenters. The molecule has 1 saturated heterocycles. The summed E-state index contributed by atoms with van der Waals surface area (Å²) in [6, 6.07) is 4.00. The van der Waals surface area contributed by atoms with E-state index in [0.29, 0.717) is 30.5 Å². The number of carbonyl (C=O) groups is 1. The van der Waals surface area contributed by atoms with Crippen LogP contribution >= 0.6 is 0 Å². The number of amides is 2. The topological polar surface area (TPSA) is 71.3 Å². The van der Waals surface area contributed by atoms with Gasteiger partial charge in [0.2, 0.25) is 5.89 Å². The number of halogens is 3. The number of hydrogen-bond acceptors (Lipinski definition) is 4. The molecule has 9 heteroatoms. The van der Waals surface area contributed by atoms with E-state index in [-0.39, 0.29) is 11.9 Å². The van der Waals surface area contributed by atoms with E-state index in [2.05, 4.69) is 15.5 Å². The van der Waals surface area contributed by atoms with Crippen molar-refractivity contribution in [2.24, 2.45) is 0 Å². The summed E-state index contributed by atoms with van der Waals surface area (Å²) in [4.78, 5) is 18.2. The van der Waals surface area contributed by atoms with Crippen LogP contribution in [0.25, 0.3) is 0 Å². The second kappa shape index (κ2) is 6.73. The standard InChI is InChI=1S/C16H17F3N4O2/c1-10-20-14(25-22-10)11-3-2-8-23(9-11)15(24)21-13-6-4-12(5-7-13)16(17,18)19/h4-7,11H,2-3,8-9H2,1H3,(H,21,24)/t11-/m0/s1. The van der Waals surface area contributed by atoms with Crippen LogP contribution in [0.2, 0.25) is 0 Å². The molecule has 0 unspecified atom stereocenters. The third-order valence-corrected chi connectivity index (χ3v) is 4.06. The second-order valence-electron chi connectivity index (χ2n) is 5.97. The predicted molar refractivity (Wildman–Crippen MR) is 83.0 cm³/mol. The van der Waals surface area contributed by atoms with Gasteiger partial charge in [-0.3, -0.25) is 0 Å². The molecule has 0 saturated carbocycles. The van der Waals surface area contributed by atoms with Gasteiger partial charge in [0.1, 0.15) is 0 Å². The predicted octanol–water partition coefficient (Wildman–Crippen LogP) is 3.81. The Morgan fingerprint density at radius 2 is 2.04 bits per heavy atom. The molecule has 1 aliphatic rings. The van der Waals surface area contributed by atoms with E-state index in [1.807, 2.05) is 0 Å². The number of alkyl halides is 3. The molecule has 2 aromatic rings. The van der Waals surface area contributed by atoms with Crippen molar-refractivity contribution in [3.8, 4) is 0 Å². The Bertz CT molecular complexity index is 743. The zero-order chi connectivity index (χ0) is 18.0. The fourth-order valence-electron chi connectivity index (χ4n) is 2.79. The Morgan fingerprint density at radius 1 is 1.32 bits per heavy atom. The first-order valence-corrected chi connectivity index (χ1v) is 7.86. The average Bonchev–Trinajstić information content (AvgIpc) is 3.01. The van der Waals surface area contributed by atoms with Crippen molar-refractivity contribution >= 4 is 11.7 Å². The van der Waals surface area contributed by atoms with Gasteiger partial charge < -0.3 is 14.7 Å². The Morgan fingerprint density at radius 3 is 2.64 bits per heavy atom. The molecule has 1 aromatic heterocycles. The van der Waals surface area contributed by atoms with Crippen LogP contribution in [-0.2, 0) is 6.18 Å². The third-order valence-electron chi connectivity index (χ3n) is 4.06. The van der Waals surface area contributed by atoms with E-state index in [0.717, 1.165) is 25.0 Å². The van der Waals surface area contributed by atoms with Crippen LogP contribution in [-0.4, -0.2) is 34.2 Å². The van der Waals surface area contributed by atoms with Gasteiger partial charge in [0.15, 0.2) is 5.82 Å². The molecule has 0 aliphatic carbocycles. The molecule has 1 aliphatic heterocycles. The van der Waals surface area contributed by atoms with Crippen molar-refractivity contribution < 1.29 is 22.5 Å². The van der Waals surface area contributed by atoms with Crippen LogP contribution in [0, 0.1) is 6.92 Å². The lowest BCUT2D eigenvalue weighted by Crippen LogP contribution is -2.41. The molecule has 6 nitrogen and oxygen atoms in total. The number of urea groups is 1. The number of aromatic nitrogens is 2. The van der Waals surface area contributed by atoms with Crippen LogP contribution in [0.15, 0.2) is 28.8 Å². The van der Waals surface area contributed by atoms with E-state index >= 15 is 0 Å². The molecule has 0 radical (unpaired) electrons. The van der Waals surface area contributed by atoms with Gasteiger partial charge in [-0.25, -0.2) is 4.79 Å². The highest BCUT2D eigenvalue weighted by Gasteiger charge is 2.31. The van der Waals surface area contributed by atoms with E-state index in [4.69, 9.17) is 4.52 Å². The van der Waals surface area contributed by atoms with Crippen molar-refractivity contribution in [2.45, 2.75) is 31.9 Å². The van der Waals surface area contributed by atoms with Gasteiger partial charge in [0.05, 0.1) is 11.5 Å². The number of rotatable bonds is 2. The minimum Gasteiger partial charge on any atom is -0.339 e. The molecule has 2 heterocycles. The Hall–Kier alpha value is -2.58. The normalized spacial score (nSPS) is 18.2. The lowest BCUT2D eigenvalue weighted by molar-refractivity contribution is -0.137. The first-order chi connectivity index (χ1) is 11.8. The molecule has 25 heavy (non-hydrogen) atoms. The van der Waals surface area contributed by atoms with E-state index in [9.17, 15) is 18.0 Å². The highest BCUT2D eigenvalue weighted by Crippen LogP contribution is 2.30. The molecule has 1 aromatic carbocycles. The molecule has 0 spiro atoms. The highest BCUT2D eigenvalue weighted by molar-refractivity contribution is 5.89. The Balaban J connectivity index is 1.62. The fraction of sp³-hybridized carbons (Fsp3) is 0.438. The minimum atomic E-state index is -4.40. The molecule has 2 amide bonds.